The molecule has 6 nitrogen and oxygen atoms in total. The van der Waals surface area contributed by atoms with Crippen molar-refractivity contribution in [3.63, 3.8) is 0 Å². The molecule has 118 valence electrons. The molecule has 0 fully saturated rings. The van der Waals surface area contributed by atoms with Crippen LogP contribution in [-0.2, 0) is 20.4 Å². The number of nitrogens with zero attached hydrogens (tertiary/aromatic N) is 2. The van der Waals surface area contributed by atoms with E-state index < -0.39 is 15.7 Å². The molecule has 8 heteroatoms. The van der Waals surface area contributed by atoms with E-state index in [9.17, 15) is 13.2 Å². The van der Waals surface area contributed by atoms with Crippen molar-refractivity contribution >= 4 is 33.2 Å². The lowest BCUT2D eigenvalue weighted by molar-refractivity contribution is -0.115. The molecule has 0 radical (unpaired) electrons. The van der Waals surface area contributed by atoms with Crippen molar-refractivity contribution in [2.75, 3.05) is 5.32 Å². The second kappa shape index (κ2) is 7.22. The van der Waals surface area contributed by atoms with Gasteiger partial charge >= 0.3 is 0 Å². The molecule has 0 aliphatic heterocycles. The monoisotopic (exact) mass is 349 g/mol. The Labute approximate surface area is 138 Å². The fourth-order valence-electron chi connectivity index (χ4n) is 1.80. The zero-order valence-electron chi connectivity index (χ0n) is 11.9. The number of carbonyl (C=O) groups excluding carboxylic acids is 1. The van der Waals surface area contributed by atoms with Gasteiger partial charge in [-0.05, 0) is 23.8 Å². The summed E-state index contributed by atoms with van der Waals surface area (Å²) < 4.78 is 24.7. The zero-order valence-corrected chi connectivity index (χ0v) is 13.4. The largest absolute Gasteiger partial charge is 0.310 e. The van der Waals surface area contributed by atoms with Crippen LogP contribution in [0.3, 0.4) is 0 Å². The Hall–Kier alpha value is -2.43. The highest BCUT2D eigenvalue weighted by Crippen LogP contribution is 2.22. The second-order valence-corrected chi connectivity index (χ2v) is 7.01. The third-order valence-corrected chi connectivity index (χ3v) is 4.93. The average molecular weight is 350 g/mol. The Kier molecular flexibility index (Phi) is 5.32. The molecule has 0 unspecified atom stereocenters. The Bertz CT molecular complexity index is 858. The molecular formula is C15H12ClN3O3S. The van der Waals surface area contributed by atoms with Gasteiger partial charge in [0, 0.05) is 11.2 Å². The Morgan fingerprint density at radius 2 is 2.00 bits per heavy atom. The molecular weight excluding hydrogens is 338 g/mol. The van der Waals surface area contributed by atoms with Gasteiger partial charge in [0.2, 0.25) is 5.91 Å². The number of halogens is 1. The minimum absolute atomic E-state index is 0.0238. The summed E-state index contributed by atoms with van der Waals surface area (Å²) in [5, 5.41) is 11.2. The highest BCUT2D eigenvalue weighted by Gasteiger charge is 2.17. The number of carbonyl (C=O) groups is 1. The van der Waals surface area contributed by atoms with Gasteiger partial charge in [0.25, 0.3) is 0 Å². The number of nitriles is 1. The van der Waals surface area contributed by atoms with Gasteiger partial charge in [0.1, 0.15) is 12.2 Å². The summed E-state index contributed by atoms with van der Waals surface area (Å²) >= 11 is 5.98. The number of nitrogens with one attached hydrogen (secondary N) is 1. The minimum Gasteiger partial charge on any atom is -0.310 e. The molecule has 23 heavy (non-hydrogen) atoms. The predicted octanol–water partition coefficient (Wildman–Crippen LogP) is 2.56. The maximum Gasteiger partial charge on any atom is 0.239 e. The first kappa shape index (κ1) is 16.9. The number of sulfone groups is 1. The van der Waals surface area contributed by atoms with Gasteiger partial charge in [-0.25, -0.2) is 13.4 Å². The smallest absolute Gasteiger partial charge is 0.239 e. The van der Waals surface area contributed by atoms with Crippen molar-refractivity contribution in [1.29, 1.82) is 5.26 Å². The van der Waals surface area contributed by atoms with Gasteiger partial charge in [-0.15, -0.1) is 0 Å². The average Bonchev–Trinajstić information content (AvgIpc) is 2.50. The molecule has 0 saturated heterocycles. The SMILES string of the molecule is N#CCC(=O)Nc1ccc(S(=O)(=O)Cc2ccccc2Cl)cn1. The number of rotatable bonds is 5. The zero-order chi connectivity index (χ0) is 16.9. The summed E-state index contributed by atoms with van der Waals surface area (Å²) in [7, 11) is -3.60. The van der Waals surface area contributed by atoms with Crippen molar-refractivity contribution in [1.82, 2.24) is 4.98 Å². The van der Waals surface area contributed by atoms with Crippen LogP contribution in [0.1, 0.15) is 12.0 Å². The van der Waals surface area contributed by atoms with Crippen molar-refractivity contribution < 1.29 is 13.2 Å². The fourth-order valence-corrected chi connectivity index (χ4v) is 3.40. The lowest BCUT2D eigenvalue weighted by Crippen LogP contribution is -2.12. The van der Waals surface area contributed by atoms with E-state index in [1.807, 2.05) is 0 Å². The predicted molar refractivity (Wildman–Crippen MR) is 85.4 cm³/mol. The molecule has 1 aromatic heterocycles. The molecule has 1 heterocycles. The van der Waals surface area contributed by atoms with E-state index in [4.69, 9.17) is 16.9 Å². The first-order valence-electron chi connectivity index (χ1n) is 6.51. The lowest BCUT2D eigenvalue weighted by atomic mass is 10.2. The summed E-state index contributed by atoms with van der Waals surface area (Å²) in [6.45, 7) is 0. The molecule has 1 amide bonds. The van der Waals surface area contributed by atoms with E-state index in [-0.39, 0.29) is 22.9 Å². The second-order valence-electron chi connectivity index (χ2n) is 4.61. The summed E-state index contributed by atoms with van der Waals surface area (Å²) in [5.41, 5.74) is 0.501. The minimum atomic E-state index is -3.60. The molecule has 0 saturated carbocycles. The highest BCUT2D eigenvalue weighted by molar-refractivity contribution is 7.90. The van der Waals surface area contributed by atoms with E-state index in [0.717, 1.165) is 6.20 Å². The van der Waals surface area contributed by atoms with Crippen LogP contribution in [-0.4, -0.2) is 19.3 Å². The molecule has 0 aliphatic carbocycles. The number of hydrogen-bond donors (Lipinski definition) is 1. The van der Waals surface area contributed by atoms with Gasteiger partial charge in [-0.2, -0.15) is 5.26 Å². The van der Waals surface area contributed by atoms with Crippen LogP contribution in [0.4, 0.5) is 5.82 Å². The first-order valence-corrected chi connectivity index (χ1v) is 8.54. The molecule has 1 N–H and O–H groups in total. The van der Waals surface area contributed by atoms with Crippen LogP contribution in [0.5, 0.6) is 0 Å². The number of amides is 1. The van der Waals surface area contributed by atoms with E-state index in [2.05, 4.69) is 10.3 Å². The number of hydrogen-bond acceptors (Lipinski definition) is 5. The van der Waals surface area contributed by atoms with Gasteiger partial charge in [0.15, 0.2) is 9.84 Å². The topological polar surface area (TPSA) is 99.9 Å². The van der Waals surface area contributed by atoms with Crippen molar-refractivity contribution in [2.45, 2.75) is 17.1 Å². The van der Waals surface area contributed by atoms with Crippen LogP contribution in [0.15, 0.2) is 47.5 Å². The van der Waals surface area contributed by atoms with E-state index in [1.54, 1.807) is 30.3 Å². The van der Waals surface area contributed by atoms with Crippen molar-refractivity contribution in [2.24, 2.45) is 0 Å². The normalized spacial score (nSPS) is 10.8. The van der Waals surface area contributed by atoms with Crippen molar-refractivity contribution in [3.05, 3.63) is 53.2 Å². The van der Waals surface area contributed by atoms with Crippen LogP contribution < -0.4 is 5.32 Å². The number of benzene rings is 1. The summed E-state index contributed by atoms with van der Waals surface area (Å²) in [5.74, 6) is -0.567. The maximum atomic E-state index is 12.4. The molecule has 2 aromatic rings. The maximum absolute atomic E-state index is 12.4. The van der Waals surface area contributed by atoms with Gasteiger partial charge < -0.3 is 5.32 Å². The van der Waals surface area contributed by atoms with Gasteiger partial charge in [-0.1, -0.05) is 29.8 Å². The Morgan fingerprint density at radius 1 is 1.26 bits per heavy atom. The number of pyridine rings is 1. The summed E-state index contributed by atoms with van der Waals surface area (Å²) in [6.07, 6.45) is 0.863. The third kappa shape index (κ3) is 4.52. The van der Waals surface area contributed by atoms with Crippen molar-refractivity contribution in [3.8, 4) is 6.07 Å². The molecule has 0 atom stereocenters. The molecule has 0 bridgehead atoms. The first-order chi connectivity index (χ1) is 10.9. The van der Waals surface area contributed by atoms with E-state index in [1.165, 1.54) is 12.1 Å². The number of anilines is 1. The van der Waals surface area contributed by atoms with Crippen LogP contribution in [0, 0.1) is 11.3 Å². The highest BCUT2D eigenvalue weighted by atomic mass is 35.5. The standard InChI is InChI=1S/C15H12ClN3O3S/c16-13-4-2-1-3-11(13)10-23(21,22)12-5-6-14(18-9-12)19-15(20)7-8-17/h1-6,9H,7,10H2,(H,18,19,20). The quantitative estimate of drug-likeness (QED) is 0.894. The molecule has 1 aromatic carbocycles. The summed E-state index contributed by atoms with van der Waals surface area (Å²) in [4.78, 5) is 15.2. The van der Waals surface area contributed by atoms with Gasteiger partial charge in [-0.3, -0.25) is 4.79 Å². The Morgan fingerprint density at radius 3 is 2.61 bits per heavy atom. The van der Waals surface area contributed by atoms with Gasteiger partial charge in [0.05, 0.1) is 16.7 Å². The van der Waals surface area contributed by atoms with Crippen LogP contribution in [0.2, 0.25) is 5.02 Å². The Balaban J connectivity index is 2.16. The van der Waals surface area contributed by atoms with E-state index >= 15 is 0 Å². The molecule has 0 spiro atoms. The molecule has 2 rings (SSSR count). The summed E-state index contributed by atoms with van der Waals surface area (Å²) in [6, 6.07) is 11.1. The van der Waals surface area contributed by atoms with E-state index in [0.29, 0.717) is 10.6 Å². The van der Waals surface area contributed by atoms with Crippen LogP contribution >= 0.6 is 11.6 Å². The van der Waals surface area contributed by atoms with Crippen LogP contribution in [0.25, 0.3) is 0 Å². The number of aromatic nitrogens is 1. The fraction of sp³-hybridized carbons (Fsp3) is 0.133. The lowest BCUT2D eigenvalue weighted by Gasteiger charge is -2.07. The molecule has 0 aliphatic rings. The third-order valence-electron chi connectivity index (χ3n) is 2.91.